The minimum absolute atomic E-state index is 0.279. The summed E-state index contributed by atoms with van der Waals surface area (Å²) in [7, 11) is 0. The predicted octanol–water partition coefficient (Wildman–Crippen LogP) is 4.41. The van der Waals surface area contributed by atoms with Gasteiger partial charge in [-0.25, -0.2) is 4.98 Å². The van der Waals surface area contributed by atoms with Crippen molar-refractivity contribution in [3.63, 3.8) is 0 Å². The second kappa shape index (κ2) is 5.35. The second-order valence-electron chi connectivity index (χ2n) is 5.21. The zero-order valence-electron chi connectivity index (χ0n) is 11.2. The lowest BCUT2D eigenvalue weighted by atomic mass is 10.1. The van der Waals surface area contributed by atoms with Crippen LogP contribution in [0, 0.1) is 5.92 Å². The molecular formula is C15H13BrN4S. The molecule has 0 aromatic carbocycles. The maximum absolute atomic E-state index is 4.51. The van der Waals surface area contributed by atoms with Gasteiger partial charge in [-0.2, -0.15) is 0 Å². The Bertz CT molecular complexity index is 770. The summed E-state index contributed by atoms with van der Waals surface area (Å²) in [6, 6.07) is 4.26. The summed E-state index contributed by atoms with van der Waals surface area (Å²) in [5.74, 6) is 0.676. The first-order chi connectivity index (χ1) is 10.3. The number of thiazole rings is 1. The molecule has 21 heavy (non-hydrogen) atoms. The number of rotatable bonds is 4. The molecule has 4 rings (SSSR count). The Morgan fingerprint density at radius 2 is 2.14 bits per heavy atom. The lowest BCUT2D eigenvalue weighted by Crippen LogP contribution is -2.13. The van der Waals surface area contributed by atoms with Gasteiger partial charge in [0.1, 0.15) is 10.5 Å². The Morgan fingerprint density at radius 1 is 1.24 bits per heavy atom. The molecule has 6 heteroatoms. The first-order valence-corrected chi connectivity index (χ1v) is 8.55. The highest BCUT2D eigenvalue weighted by Gasteiger charge is 2.34. The fourth-order valence-corrected chi connectivity index (χ4v) is 3.59. The zero-order valence-corrected chi connectivity index (χ0v) is 13.6. The topological polar surface area (TPSA) is 50.7 Å². The molecule has 0 amide bonds. The Labute approximate surface area is 134 Å². The van der Waals surface area contributed by atoms with Crippen molar-refractivity contribution >= 4 is 44.0 Å². The van der Waals surface area contributed by atoms with Crippen LogP contribution in [0.25, 0.3) is 11.0 Å². The predicted molar refractivity (Wildman–Crippen MR) is 88.4 cm³/mol. The van der Waals surface area contributed by atoms with E-state index in [0.29, 0.717) is 5.92 Å². The van der Waals surface area contributed by atoms with Crippen LogP contribution in [0.3, 0.4) is 0 Å². The van der Waals surface area contributed by atoms with Crippen molar-refractivity contribution in [2.75, 3.05) is 5.32 Å². The number of hydrogen-bond donors (Lipinski definition) is 1. The van der Waals surface area contributed by atoms with Crippen LogP contribution in [0.1, 0.15) is 23.9 Å². The van der Waals surface area contributed by atoms with E-state index < -0.39 is 0 Å². The molecule has 0 radical (unpaired) electrons. The average Bonchev–Trinajstić information content (AvgIpc) is 3.18. The number of nitrogens with one attached hydrogen (secondary N) is 1. The second-order valence-corrected chi connectivity index (χ2v) is 7.05. The molecule has 106 valence electrons. The van der Waals surface area contributed by atoms with Crippen molar-refractivity contribution in [1.29, 1.82) is 0 Å². The number of pyridine rings is 2. The molecule has 1 fully saturated rings. The molecule has 1 saturated carbocycles. The number of hydrogen-bond acceptors (Lipinski definition) is 5. The molecule has 1 unspecified atom stereocenters. The quantitative estimate of drug-likeness (QED) is 0.748. The normalized spacial score (nSPS) is 16.0. The summed E-state index contributed by atoms with van der Waals surface area (Å²) in [5.41, 5.74) is 2.82. The smallest absolute Gasteiger partial charge is 0.115 e. The van der Waals surface area contributed by atoms with Crippen LogP contribution >= 0.6 is 27.3 Å². The van der Waals surface area contributed by atoms with E-state index in [-0.39, 0.29) is 6.04 Å². The van der Waals surface area contributed by atoms with E-state index in [1.54, 1.807) is 11.3 Å². The van der Waals surface area contributed by atoms with E-state index in [1.807, 2.05) is 36.1 Å². The monoisotopic (exact) mass is 360 g/mol. The number of aromatic nitrogens is 3. The van der Waals surface area contributed by atoms with Gasteiger partial charge in [0.15, 0.2) is 0 Å². The Hall–Kier alpha value is -1.53. The van der Waals surface area contributed by atoms with Crippen LogP contribution in [0.4, 0.5) is 5.69 Å². The van der Waals surface area contributed by atoms with Gasteiger partial charge in [0.25, 0.3) is 0 Å². The minimum atomic E-state index is 0.279. The van der Waals surface area contributed by atoms with Gasteiger partial charge in [-0.05, 0) is 46.8 Å². The number of halogens is 1. The molecule has 1 aliphatic carbocycles. The van der Waals surface area contributed by atoms with Gasteiger partial charge in [0.2, 0.25) is 0 Å². The molecule has 0 spiro atoms. The summed E-state index contributed by atoms with van der Waals surface area (Å²) in [5, 5.41) is 6.82. The van der Waals surface area contributed by atoms with E-state index in [2.05, 4.69) is 36.2 Å². The molecule has 1 N–H and O–H groups in total. The maximum Gasteiger partial charge on any atom is 0.115 e. The molecular weight excluding hydrogens is 348 g/mol. The SMILES string of the molecule is Brc1cnc2c(NC(c3nccs3)C3CC3)ccnc2c1. The Balaban J connectivity index is 1.73. The van der Waals surface area contributed by atoms with Crippen LogP contribution < -0.4 is 5.32 Å². The Morgan fingerprint density at radius 3 is 2.90 bits per heavy atom. The van der Waals surface area contributed by atoms with Crippen LogP contribution in [-0.2, 0) is 0 Å². The third-order valence-corrected chi connectivity index (χ3v) is 4.96. The van der Waals surface area contributed by atoms with Crippen LogP contribution in [-0.4, -0.2) is 15.0 Å². The molecule has 0 aliphatic heterocycles. The van der Waals surface area contributed by atoms with E-state index in [0.717, 1.165) is 26.2 Å². The molecule has 3 aromatic rings. The largest absolute Gasteiger partial charge is 0.374 e. The number of fused-ring (bicyclic) bond motifs is 1. The third-order valence-electron chi connectivity index (χ3n) is 3.67. The van der Waals surface area contributed by atoms with Crippen LogP contribution in [0.15, 0.2) is 40.6 Å². The highest BCUT2D eigenvalue weighted by Crippen LogP contribution is 2.43. The van der Waals surface area contributed by atoms with Crippen molar-refractivity contribution in [3.8, 4) is 0 Å². The van der Waals surface area contributed by atoms with Crippen LogP contribution in [0.2, 0.25) is 0 Å². The van der Waals surface area contributed by atoms with Gasteiger partial charge in [-0.1, -0.05) is 0 Å². The minimum Gasteiger partial charge on any atom is -0.374 e. The summed E-state index contributed by atoms with van der Waals surface area (Å²) in [6.07, 6.45) is 8.03. The molecule has 3 aromatic heterocycles. The average molecular weight is 361 g/mol. The fourth-order valence-electron chi connectivity index (χ4n) is 2.49. The van der Waals surface area contributed by atoms with Crippen molar-refractivity contribution in [2.45, 2.75) is 18.9 Å². The van der Waals surface area contributed by atoms with E-state index in [4.69, 9.17) is 0 Å². The summed E-state index contributed by atoms with van der Waals surface area (Å²) < 4.78 is 0.943. The standard InChI is InChI=1S/C15H13BrN4S/c16-10-7-12-14(19-8-10)11(3-4-17-12)20-13(9-1-2-9)15-18-5-6-21-15/h3-9,13H,1-2H2,(H,17,20). The zero-order chi connectivity index (χ0) is 14.2. The number of nitrogens with zero attached hydrogens (tertiary/aromatic N) is 3. The van der Waals surface area contributed by atoms with Crippen molar-refractivity contribution in [2.24, 2.45) is 5.92 Å². The van der Waals surface area contributed by atoms with Crippen molar-refractivity contribution in [3.05, 3.63) is 45.6 Å². The molecule has 1 atom stereocenters. The van der Waals surface area contributed by atoms with Gasteiger partial charge >= 0.3 is 0 Å². The lowest BCUT2D eigenvalue weighted by Gasteiger charge is -2.18. The summed E-state index contributed by atoms with van der Waals surface area (Å²) in [6.45, 7) is 0. The van der Waals surface area contributed by atoms with Gasteiger partial charge in [0.05, 0.1) is 17.2 Å². The van der Waals surface area contributed by atoms with Crippen LogP contribution in [0.5, 0.6) is 0 Å². The molecule has 0 saturated heterocycles. The van der Waals surface area contributed by atoms with E-state index in [9.17, 15) is 0 Å². The number of anilines is 1. The van der Waals surface area contributed by atoms with Crippen molar-refractivity contribution in [1.82, 2.24) is 15.0 Å². The lowest BCUT2D eigenvalue weighted by molar-refractivity contribution is 0.674. The highest BCUT2D eigenvalue weighted by molar-refractivity contribution is 9.10. The third kappa shape index (κ3) is 2.65. The molecule has 1 aliphatic rings. The van der Waals surface area contributed by atoms with E-state index >= 15 is 0 Å². The molecule has 3 heterocycles. The first kappa shape index (κ1) is 13.2. The van der Waals surface area contributed by atoms with Gasteiger partial charge in [-0.15, -0.1) is 11.3 Å². The van der Waals surface area contributed by atoms with Gasteiger partial charge in [0, 0.05) is 28.4 Å². The first-order valence-electron chi connectivity index (χ1n) is 6.87. The summed E-state index contributed by atoms with van der Waals surface area (Å²) >= 11 is 5.15. The fraction of sp³-hybridized carbons (Fsp3) is 0.267. The maximum atomic E-state index is 4.51. The Kier molecular flexibility index (Phi) is 3.35. The van der Waals surface area contributed by atoms with E-state index in [1.165, 1.54) is 12.8 Å². The summed E-state index contributed by atoms with van der Waals surface area (Å²) in [4.78, 5) is 13.4. The van der Waals surface area contributed by atoms with Gasteiger partial charge in [-0.3, -0.25) is 9.97 Å². The molecule has 4 nitrogen and oxygen atoms in total. The van der Waals surface area contributed by atoms with Gasteiger partial charge < -0.3 is 5.32 Å². The van der Waals surface area contributed by atoms with Crippen molar-refractivity contribution < 1.29 is 0 Å². The molecule has 0 bridgehead atoms. The highest BCUT2D eigenvalue weighted by atomic mass is 79.9.